The summed E-state index contributed by atoms with van der Waals surface area (Å²) in [6.45, 7) is 2.49. The third kappa shape index (κ3) is 1.59. The van der Waals surface area contributed by atoms with E-state index in [2.05, 4.69) is 13.0 Å². The third-order valence-electron chi connectivity index (χ3n) is 2.15. The van der Waals surface area contributed by atoms with Gasteiger partial charge in [-0.05, 0) is 29.8 Å². The molecule has 2 heteroatoms. The quantitative estimate of drug-likeness (QED) is 0.674. The van der Waals surface area contributed by atoms with Gasteiger partial charge in [-0.3, -0.25) is 4.79 Å². The highest BCUT2D eigenvalue weighted by Crippen LogP contribution is 2.21. The smallest absolute Gasteiger partial charge is 0.298 e. The van der Waals surface area contributed by atoms with Gasteiger partial charge in [-0.25, -0.2) is 0 Å². The van der Waals surface area contributed by atoms with Crippen LogP contribution in [0, 0.1) is 6.92 Å². The number of rotatable bonds is 2. The number of aryl methyl sites for hydroxylation is 1. The number of hydrogen-bond acceptors (Lipinski definition) is 2. The van der Waals surface area contributed by atoms with Gasteiger partial charge in [0.1, 0.15) is 5.75 Å². The lowest BCUT2D eigenvalue weighted by Gasteiger charge is -2.01. The van der Waals surface area contributed by atoms with Crippen LogP contribution in [0.1, 0.15) is 5.56 Å². The van der Waals surface area contributed by atoms with Crippen LogP contribution in [0.2, 0.25) is 0 Å². The lowest BCUT2D eigenvalue weighted by atomic mass is 10.1. The highest BCUT2D eigenvalue weighted by Gasteiger charge is 1.96. The summed E-state index contributed by atoms with van der Waals surface area (Å²) in [5.74, 6) is 0.580. The Morgan fingerprint density at radius 3 is 2.57 bits per heavy atom. The van der Waals surface area contributed by atoms with Crippen LogP contribution in [0.25, 0.3) is 10.8 Å². The van der Waals surface area contributed by atoms with Gasteiger partial charge in [-0.1, -0.05) is 29.8 Å². The molecule has 0 radical (unpaired) electrons. The molecule has 0 spiro atoms. The van der Waals surface area contributed by atoms with Crippen molar-refractivity contribution in [1.29, 1.82) is 0 Å². The van der Waals surface area contributed by atoms with E-state index in [0.717, 1.165) is 10.8 Å². The van der Waals surface area contributed by atoms with Gasteiger partial charge in [0.25, 0.3) is 6.47 Å². The number of hydrogen-bond donors (Lipinski definition) is 0. The summed E-state index contributed by atoms with van der Waals surface area (Å²) in [6.07, 6.45) is 0. The molecule has 0 aromatic heterocycles. The zero-order valence-corrected chi connectivity index (χ0v) is 7.86. The summed E-state index contributed by atoms with van der Waals surface area (Å²) < 4.78 is 4.76. The number of carbonyl (C=O) groups excluding carboxylic acids is 1. The molecule has 0 heterocycles. The Labute approximate surface area is 82.1 Å². The minimum absolute atomic E-state index is 0.440. The second kappa shape index (κ2) is 3.50. The molecule has 0 aliphatic rings. The maximum atomic E-state index is 10.1. The Morgan fingerprint density at radius 2 is 1.79 bits per heavy atom. The molecule has 0 aliphatic carbocycles. The van der Waals surface area contributed by atoms with Gasteiger partial charge in [0.2, 0.25) is 0 Å². The Balaban J connectivity index is 2.55. The van der Waals surface area contributed by atoms with Gasteiger partial charge in [-0.2, -0.15) is 0 Å². The predicted molar refractivity (Wildman–Crippen MR) is 55.4 cm³/mol. The van der Waals surface area contributed by atoms with E-state index in [-0.39, 0.29) is 0 Å². The molecule has 0 fully saturated rings. The average molecular weight is 186 g/mol. The fourth-order valence-electron chi connectivity index (χ4n) is 1.47. The van der Waals surface area contributed by atoms with Crippen LogP contribution in [-0.4, -0.2) is 6.47 Å². The molecule has 0 aliphatic heterocycles. The maximum absolute atomic E-state index is 10.1. The third-order valence-corrected chi connectivity index (χ3v) is 2.15. The average Bonchev–Trinajstić information content (AvgIpc) is 2.19. The van der Waals surface area contributed by atoms with Crippen molar-refractivity contribution in [3.05, 3.63) is 42.0 Å². The molecule has 0 atom stereocenters. The van der Waals surface area contributed by atoms with E-state index in [1.54, 1.807) is 6.07 Å². The second-order valence-electron chi connectivity index (χ2n) is 3.23. The number of carbonyl (C=O) groups is 1. The minimum atomic E-state index is 0.440. The van der Waals surface area contributed by atoms with E-state index in [1.165, 1.54) is 5.56 Å². The first-order valence-electron chi connectivity index (χ1n) is 4.40. The zero-order chi connectivity index (χ0) is 9.97. The lowest BCUT2D eigenvalue weighted by molar-refractivity contribution is -0.120. The molecule has 0 unspecified atom stereocenters. The molecule has 70 valence electrons. The van der Waals surface area contributed by atoms with Crippen LogP contribution < -0.4 is 4.74 Å². The minimum Gasteiger partial charge on any atom is -0.429 e. The van der Waals surface area contributed by atoms with E-state index in [0.29, 0.717) is 12.2 Å². The van der Waals surface area contributed by atoms with Crippen LogP contribution in [-0.2, 0) is 4.79 Å². The highest BCUT2D eigenvalue weighted by atomic mass is 16.5. The first kappa shape index (κ1) is 8.75. The molecule has 0 amide bonds. The van der Waals surface area contributed by atoms with Crippen LogP contribution >= 0.6 is 0 Å². The molecule has 0 saturated heterocycles. The fraction of sp³-hybridized carbons (Fsp3) is 0.0833. The van der Waals surface area contributed by atoms with Crippen molar-refractivity contribution in [3.63, 3.8) is 0 Å². The molecule has 0 N–H and O–H groups in total. The van der Waals surface area contributed by atoms with Crippen LogP contribution in [0.15, 0.2) is 36.4 Å². The van der Waals surface area contributed by atoms with Crippen molar-refractivity contribution in [2.45, 2.75) is 6.92 Å². The largest absolute Gasteiger partial charge is 0.429 e. The molecule has 2 nitrogen and oxygen atoms in total. The van der Waals surface area contributed by atoms with Crippen molar-refractivity contribution >= 4 is 17.2 Å². The fourth-order valence-corrected chi connectivity index (χ4v) is 1.47. The Bertz CT molecular complexity index is 475. The predicted octanol–water partition coefficient (Wildman–Crippen LogP) is 2.68. The van der Waals surface area contributed by atoms with Crippen molar-refractivity contribution < 1.29 is 9.53 Å². The van der Waals surface area contributed by atoms with E-state index in [9.17, 15) is 4.79 Å². The van der Waals surface area contributed by atoms with Crippen LogP contribution in [0.5, 0.6) is 5.75 Å². The summed E-state index contributed by atoms with van der Waals surface area (Å²) >= 11 is 0. The Hall–Kier alpha value is -1.83. The molecule has 14 heavy (non-hydrogen) atoms. The van der Waals surface area contributed by atoms with E-state index < -0.39 is 0 Å². The van der Waals surface area contributed by atoms with Gasteiger partial charge in [0.15, 0.2) is 0 Å². The first-order chi connectivity index (χ1) is 6.79. The summed E-state index contributed by atoms with van der Waals surface area (Å²) in [6, 6.07) is 11.7. The van der Waals surface area contributed by atoms with Crippen molar-refractivity contribution in [2.24, 2.45) is 0 Å². The van der Waals surface area contributed by atoms with Crippen molar-refractivity contribution in [1.82, 2.24) is 0 Å². The van der Waals surface area contributed by atoms with Crippen LogP contribution in [0.4, 0.5) is 0 Å². The molecule has 0 bridgehead atoms. The maximum Gasteiger partial charge on any atom is 0.298 e. The molecular weight excluding hydrogens is 176 g/mol. The van der Waals surface area contributed by atoms with Gasteiger partial charge >= 0.3 is 0 Å². The highest BCUT2D eigenvalue weighted by molar-refractivity contribution is 5.84. The topological polar surface area (TPSA) is 26.3 Å². The number of fused-ring (bicyclic) bond motifs is 1. The van der Waals surface area contributed by atoms with Gasteiger partial charge < -0.3 is 4.74 Å². The SMILES string of the molecule is Cc1ccc2cc(OC=O)ccc2c1. The van der Waals surface area contributed by atoms with Gasteiger partial charge in [0.05, 0.1) is 0 Å². The molecule has 2 aromatic rings. The normalized spacial score (nSPS) is 10.1. The summed E-state index contributed by atoms with van der Waals surface area (Å²) in [5, 5.41) is 2.23. The van der Waals surface area contributed by atoms with Crippen molar-refractivity contribution in [3.8, 4) is 5.75 Å². The number of benzene rings is 2. The molecule has 2 rings (SSSR count). The van der Waals surface area contributed by atoms with E-state index >= 15 is 0 Å². The Morgan fingerprint density at radius 1 is 1.07 bits per heavy atom. The van der Waals surface area contributed by atoms with Crippen LogP contribution in [0.3, 0.4) is 0 Å². The first-order valence-corrected chi connectivity index (χ1v) is 4.40. The monoisotopic (exact) mass is 186 g/mol. The molecular formula is C12H10O2. The number of ether oxygens (including phenoxy) is 1. The van der Waals surface area contributed by atoms with Crippen molar-refractivity contribution in [2.75, 3.05) is 0 Å². The van der Waals surface area contributed by atoms with E-state index in [4.69, 9.17) is 4.74 Å². The van der Waals surface area contributed by atoms with E-state index in [1.807, 2.05) is 24.3 Å². The molecule has 2 aromatic carbocycles. The Kier molecular flexibility index (Phi) is 2.19. The summed E-state index contributed by atoms with van der Waals surface area (Å²) in [5.41, 5.74) is 1.22. The standard InChI is InChI=1S/C12H10O2/c1-9-2-3-11-7-12(14-8-13)5-4-10(11)6-9/h2-8H,1H3. The van der Waals surface area contributed by atoms with Gasteiger partial charge in [-0.15, -0.1) is 0 Å². The second-order valence-corrected chi connectivity index (χ2v) is 3.23. The summed E-state index contributed by atoms with van der Waals surface area (Å²) in [7, 11) is 0. The van der Waals surface area contributed by atoms with Gasteiger partial charge in [0, 0.05) is 0 Å². The lowest BCUT2D eigenvalue weighted by Crippen LogP contribution is -1.87. The summed E-state index contributed by atoms with van der Waals surface area (Å²) in [4.78, 5) is 10.1. The zero-order valence-electron chi connectivity index (χ0n) is 7.86. The molecule has 0 saturated carbocycles.